The summed E-state index contributed by atoms with van der Waals surface area (Å²) in [7, 11) is 3.56. The van der Waals surface area contributed by atoms with E-state index in [4.69, 9.17) is 9.47 Å². The average Bonchev–Trinajstić information content (AvgIpc) is 2.78. The first kappa shape index (κ1) is 16.1. The van der Waals surface area contributed by atoms with E-state index in [0.717, 1.165) is 13.0 Å². The normalized spacial score (nSPS) is 14.5. The lowest BCUT2D eigenvalue weighted by molar-refractivity contribution is -0.0310. The lowest BCUT2D eigenvalue weighted by Gasteiger charge is -2.16. The van der Waals surface area contributed by atoms with Crippen LogP contribution in [0.2, 0.25) is 0 Å². The van der Waals surface area contributed by atoms with Crippen LogP contribution in [0, 0.1) is 0 Å². The monoisotopic (exact) mass is 271 g/mol. The van der Waals surface area contributed by atoms with Crippen LogP contribution < -0.4 is 5.32 Å². The third kappa shape index (κ3) is 6.68. The molecular formula is C13H25N3O3. The van der Waals surface area contributed by atoms with E-state index >= 15 is 0 Å². The average molecular weight is 271 g/mol. The fraction of sp³-hybridized carbons (Fsp3) is 0.769. The van der Waals surface area contributed by atoms with Crippen molar-refractivity contribution in [2.24, 2.45) is 7.05 Å². The van der Waals surface area contributed by atoms with Crippen LogP contribution in [-0.2, 0) is 22.9 Å². The Morgan fingerprint density at radius 2 is 2.26 bits per heavy atom. The van der Waals surface area contributed by atoms with Crippen LogP contribution in [0.5, 0.6) is 0 Å². The molecule has 6 heteroatoms. The van der Waals surface area contributed by atoms with E-state index in [1.165, 1.54) is 5.69 Å². The van der Waals surface area contributed by atoms with Crippen LogP contribution in [0.4, 0.5) is 0 Å². The molecule has 0 fully saturated rings. The van der Waals surface area contributed by atoms with Gasteiger partial charge in [-0.15, -0.1) is 0 Å². The topological polar surface area (TPSA) is 68.5 Å². The Bertz CT molecular complexity index is 344. The summed E-state index contributed by atoms with van der Waals surface area (Å²) in [4.78, 5) is 0. The number of ether oxygens (including phenoxy) is 2. The molecule has 19 heavy (non-hydrogen) atoms. The summed E-state index contributed by atoms with van der Waals surface area (Å²) < 4.78 is 12.2. The van der Waals surface area contributed by atoms with Crippen molar-refractivity contribution in [1.82, 2.24) is 15.1 Å². The van der Waals surface area contributed by atoms with Gasteiger partial charge in [0.1, 0.15) is 0 Å². The molecule has 1 aromatic heterocycles. The Morgan fingerprint density at radius 1 is 1.47 bits per heavy atom. The van der Waals surface area contributed by atoms with Gasteiger partial charge in [-0.25, -0.2) is 0 Å². The molecule has 0 saturated heterocycles. The third-order valence-electron chi connectivity index (χ3n) is 2.83. The van der Waals surface area contributed by atoms with E-state index in [-0.39, 0.29) is 6.10 Å². The van der Waals surface area contributed by atoms with E-state index in [9.17, 15) is 5.11 Å². The second-order valence-corrected chi connectivity index (χ2v) is 4.65. The molecule has 1 aromatic rings. The van der Waals surface area contributed by atoms with E-state index in [2.05, 4.69) is 10.4 Å². The Morgan fingerprint density at radius 3 is 2.89 bits per heavy atom. The zero-order valence-corrected chi connectivity index (χ0v) is 12.0. The minimum atomic E-state index is -0.495. The van der Waals surface area contributed by atoms with Crippen molar-refractivity contribution in [2.45, 2.75) is 25.6 Å². The molecule has 1 heterocycles. The van der Waals surface area contributed by atoms with Crippen LogP contribution in [0.25, 0.3) is 0 Å². The number of aliphatic hydroxyl groups is 1. The summed E-state index contributed by atoms with van der Waals surface area (Å²) in [5.41, 5.74) is 1.17. The number of aryl methyl sites for hydroxylation is 1. The Kier molecular flexibility index (Phi) is 7.66. The summed E-state index contributed by atoms with van der Waals surface area (Å²) in [5, 5.41) is 17.0. The third-order valence-corrected chi connectivity index (χ3v) is 2.83. The van der Waals surface area contributed by atoms with Gasteiger partial charge in [-0.1, -0.05) is 0 Å². The molecule has 110 valence electrons. The lowest BCUT2D eigenvalue weighted by atomic mass is 10.3. The van der Waals surface area contributed by atoms with Crippen molar-refractivity contribution in [3.8, 4) is 0 Å². The standard InChI is InChI=1S/C13H25N3O3/c1-11(9-18-3)19-10-13(17)8-14-6-4-12-5-7-15-16(12)2/h5,7,11,13-14,17H,4,6,8-10H2,1-3H3. The number of rotatable bonds is 10. The predicted octanol–water partition coefficient (Wildman–Crippen LogP) is -0.0354. The highest BCUT2D eigenvalue weighted by Gasteiger charge is 2.07. The van der Waals surface area contributed by atoms with Gasteiger partial charge in [0.05, 0.1) is 25.4 Å². The van der Waals surface area contributed by atoms with Gasteiger partial charge in [0.25, 0.3) is 0 Å². The highest BCUT2D eigenvalue weighted by atomic mass is 16.5. The Hall–Kier alpha value is -0.950. The van der Waals surface area contributed by atoms with Crippen molar-refractivity contribution >= 4 is 0 Å². The van der Waals surface area contributed by atoms with Crippen LogP contribution in [-0.4, -0.2) is 60.5 Å². The molecule has 0 aliphatic heterocycles. The summed E-state index contributed by atoms with van der Waals surface area (Å²) in [6.45, 7) is 4.12. The van der Waals surface area contributed by atoms with Crippen molar-refractivity contribution in [3.63, 3.8) is 0 Å². The van der Waals surface area contributed by atoms with Crippen molar-refractivity contribution < 1.29 is 14.6 Å². The maximum atomic E-state index is 9.73. The second-order valence-electron chi connectivity index (χ2n) is 4.65. The fourth-order valence-corrected chi connectivity index (χ4v) is 1.75. The summed E-state index contributed by atoms with van der Waals surface area (Å²) >= 11 is 0. The van der Waals surface area contributed by atoms with Crippen molar-refractivity contribution in [1.29, 1.82) is 0 Å². The molecule has 0 spiro atoms. The molecule has 0 aliphatic rings. The molecule has 2 atom stereocenters. The van der Waals surface area contributed by atoms with Gasteiger partial charge in [0.2, 0.25) is 0 Å². The zero-order valence-electron chi connectivity index (χ0n) is 12.0. The van der Waals surface area contributed by atoms with E-state index < -0.39 is 6.10 Å². The largest absolute Gasteiger partial charge is 0.389 e. The number of aliphatic hydroxyl groups excluding tert-OH is 1. The lowest BCUT2D eigenvalue weighted by Crippen LogP contribution is -2.33. The molecule has 2 N–H and O–H groups in total. The first-order valence-corrected chi connectivity index (χ1v) is 6.59. The maximum absolute atomic E-state index is 9.73. The van der Waals surface area contributed by atoms with Gasteiger partial charge in [0.15, 0.2) is 0 Å². The van der Waals surface area contributed by atoms with Crippen LogP contribution in [0.15, 0.2) is 12.3 Å². The molecule has 0 radical (unpaired) electrons. The smallest absolute Gasteiger partial charge is 0.0897 e. The molecule has 0 amide bonds. The molecule has 1 rings (SSSR count). The number of hydrogen-bond acceptors (Lipinski definition) is 5. The fourth-order valence-electron chi connectivity index (χ4n) is 1.75. The summed E-state index contributed by atoms with van der Waals surface area (Å²) in [5.74, 6) is 0. The van der Waals surface area contributed by atoms with Gasteiger partial charge in [-0.3, -0.25) is 4.68 Å². The zero-order chi connectivity index (χ0) is 14.1. The van der Waals surface area contributed by atoms with Gasteiger partial charge >= 0.3 is 0 Å². The molecule has 0 aliphatic carbocycles. The molecule has 2 unspecified atom stereocenters. The van der Waals surface area contributed by atoms with E-state index in [1.54, 1.807) is 13.3 Å². The Labute approximate surface area is 114 Å². The van der Waals surface area contributed by atoms with Gasteiger partial charge in [-0.05, 0) is 13.0 Å². The quantitative estimate of drug-likeness (QED) is 0.585. The highest BCUT2D eigenvalue weighted by Crippen LogP contribution is 1.96. The number of aromatic nitrogens is 2. The van der Waals surface area contributed by atoms with Gasteiger partial charge < -0.3 is 19.9 Å². The van der Waals surface area contributed by atoms with Crippen molar-refractivity contribution in [2.75, 3.05) is 33.4 Å². The first-order valence-electron chi connectivity index (χ1n) is 6.59. The van der Waals surface area contributed by atoms with Crippen LogP contribution >= 0.6 is 0 Å². The predicted molar refractivity (Wildman–Crippen MR) is 73.1 cm³/mol. The SMILES string of the molecule is COCC(C)OCC(O)CNCCc1ccnn1C. The Balaban J connectivity index is 2.04. The molecule has 0 saturated carbocycles. The van der Waals surface area contributed by atoms with Gasteiger partial charge in [-0.2, -0.15) is 5.10 Å². The molecule has 0 bridgehead atoms. The minimum absolute atomic E-state index is 0.00842. The van der Waals surface area contributed by atoms with Crippen LogP contribution in [0.1, 0.15) is 12.6 Å². The number of methoxy groups -OCH3 is 1. The number of hydrogen-bond donors (Lipinski definition) is 2. The summed E-state index contributed by atoms with van der Waals surface area (Å²) in [6, 6.07) is 1.99. The number of nitrogens with zero attached hydrogens (tertiary/aromatic N) is 2. The summed E-state index contributed by atoms with van der Waals surface area (Å²) in [6.07, 6.45) is 2.19. The van der Waals surface area contributed by atoms with E-state index in [1.807, 2.05) is 24.7 Å². The molecule has 6 nitrogen and oxygen atoms in total. The van der Waals surface area contributed by atoms with Crippen molar-refractivity contribution in [3.05, 3.63) is 18.0 Å². The maximum Gasteiger partial charge on any atom is 0.0897 e. The minimum Gasteiger partial charge on any atom is -0.389 e. The molecule has 0 aromatic carbocycles. The van der Waals surface area contributed by atoms with E-state index in [0.29, 0.717) is 19.8 Å². The second kappa shape index (κ2) is 9.03. The first-order chi connectivity index (χ1) is 9.13. The number of nitrogens with one attached hydrogen (secondary N) is 1. The molecular weight excluding hydrogens is 246 g/mol. The van der Waals surface area contributed by atoms with Gasteiger partial charge in [0, 0.05) is 45.6 Å². The highest BCUT2D eigenvalue weighted by molar-refractivity contribution is 5.00. The van der Waals surface area contributed by atoms with Crippen LogP contribution in [0.3, 0.4) is 0 Å².